The summed E-state index contributed by atoms with van der Waals surface area (Å²) in [6, 6.07) is 143. The minimum absolute atomic E-state index is 0.603. The Morgan fingerprint density at radius 3 is 0.775 bits per heavy atom. The molecule has 0 aliphatic carbocycles. The minimum atomic E-state index is 0.603. The average molecular weight is 1530 g/mol. The van der Waals surface area contributed by atoms with Gasteiger partial charge in [0.1, 0.15) is 11.2 Å². The smallest absolute Gasteiger partial charge is 0.164 e. The molecule has 0 N–H and O–H groups in total. The van der Waals surface area contributed by atoms with Crippen molar-refractivity contribution in [2.45, 2.75) is 0 Å². The number of hydrogen-bond donors (Lipinski definition) is 0. The fourth-order valence-corrected chi connectivity index (χ4v) is 18.3. The van der Waals surface area contributed by atoms with Crippen molar-refractivity contribution < 1.29 is 4.42 Å². The summed E-state index contributed by atoms with van der Waals surface area (Å²) in [5.74, 6) is 3.69. The van der Waals surface area contributed by atoms with E-state index in [1.807, 2.05) is 78.9 Å². The first kappa shape index (κ1) is 68.0. The highest BCUT2D eigenvalue weighted by molar-refractivity contribution is 6.16. The number of furan rings is 1. The summed E-state index contributed by atoms with van der Waals surface area (Å²) in [5.41, 5.74) is 24.2. The van der Waals surface area contributed by atoms with Crippen LogP contribution in [0.4, 0.5) is 0 Å². The quantitative estimate of drug-likeness (QED) is 0.127. The van der Waals surface area contributed by atoms with Gasteiger partial charge in [0, 0.05) is 126 Å². The lowest BCUT2D eigenvalue weighted by atomic mass is 10.1. The predicted molar refractivity (Wildman–Crippen MR) is 491 cm³/mol. The van der Waals surface area contributed by atoms with Crippen LogP contribution in [0.25, 0.3) is 228 Å². The van der Waals surface area contributed by atoms with E-state index in [0.717, 1.165) is 122 Å². The largest absolute Gasteiger partial charge is 0.456 e. The van der Waals surface area contributed by atoms with Gasteiger partial charge in [0.05, 0.1) is 55.2 Å². The van der Waals surface area contributed by atoms with E-state index >= 15 is 0 Å². The Bertz CT molecular complexity index is 8330. The Morgan fingerprint density at radius 1 is 0.142 bits per heavy atom. The molecule has 0 unspecified atom stereocenters. The van der Waals surface area contributed by atoms with E-state index in [4.69, 9.17) is 34.3 Å². The Morgan fingerprint density at radius 2 is 0.383 bits per heavy atom. The maximum Gasteiger partial charge on any atom is 0.164 e. The van der Waals surface area contributed by atoms with Crippen LogP contribution in [0.5, 0.6) is 0 Å². The molecule has 120 heavy (non-hydrogen) atoms. The fraction of sp³-hybridized carbons (Fsp3) is 0. The summed E-state index contributed by atoms with van der Waals surface area (Å²) in [6.07, 6.45) is 0. The molecule has 25 rings (SSSR count). The van der Waals surface area contributed by atoms with Crippen molar-refractivity contribution in [1.82, 2.24) is 52.7 Å². The summed E-state index contributed by atoms with van der Waals surface area (Å²) in [6.45, 7) is 0. The van der Waals surface area contributed by atoms with Crippen LogP contribution >= 0.6 is 0 Å². The second-order valence-corrected chi connectivity index (χ2v) is 30.5. The van der Waals surface area contributed by atoms with Gasteiger partial charge in [-0.1, -0.05) is 249 Å². The highest BCUT2D eigenvalue weighted by Crippen LogP contribution is 2.43. The first-order valence-corrected chi connectivity index (χ1v) is 40.4. The molecule has 12 heteroatoms. The standard InChI is InChI=1S/C57H36N6.C51H31N5O/c1-3-16-37(17-4-1)55-58-56(60-57(59-55)39-30-32-53-47(35-39)45-24-9-13-28-51(45)61(53)40-19-5-2-6-20-40)38-18-15-21-41(34-38)62-52-29-14-10-25-46(52)48-36-42(31-33-54(48)62)63-49-26-11-7-22-43(49)44-23-8-12-27-50(44)63;1-2-13-32(14-3-1)49-52-50(54-51(53-49)34-25-28-48-42(30-34)40-20-7-11-24-47(40)57-48)33-15-12-16-35(29-33)55-45-23-10-6-19-39(45)41-31-36(26-27-46(41)55)56-43-21-8-4-17-37(43)38-18-5-9-22-44(38)56/h1-36H;1-31H. The number of rotatable bonds is 11. The minimum Gasteiger partial charge on any atom is -0.456 e. The van der Waals surface area contributed by atoms with Gasteiger partial charge in [-0.15, -0.1) is 0 Å². The van der Waals surface area contributed by atoms with Crippen LogP contribution < -0.4 is 0 Å². The van der Waals surface area contributed by atoms with Crippen molar-refractivity contribution in [3.05, 3.63) is 406 Å². The van der Waals surface area contributed by atoms with Crippen molar-refractivity contribution in [3.8, 4) is 96.8 Å². The van der Waals surface area contributed by atoms with Crippen LogP contribution in [0.2, 0.25) is 0 Å². The number of nitrogens with zero attached hydrogens (tertiary/aromatic N) is 11. The molecule has 0 aliphatic rings. The zero-order valence-electron chi connectivity index (χ0n) is 64.5. The van der Waals surface area contributed by atoms with E-state index in [0.29, 0.717) is 34.9 Å². The molecule has 8 aromatic heterocycles. The maximum absolute atomic E-state index is 6.14. The Balaban J connectivity index is 0.000000137. The van der Waals surface area contributed by atoms with Gasteiger partial charge >= 0.3 is 0 Å². The molecule has 0 amide bonds. The summed E-state index contributed by atoms with van der Waals surface area (Å²) in [4.78, 5) is 30.8. The molecule has 0 atom stereocenters. The highest BCUT2D eigenvalue weighted by atomic mass is 16.3. The molecule has 0 aliphatic heterocycles. The van der Waals surface area contributed by atoms with E-state index in [1.54, 1.807) is 0 Å². The molecule has 25 aromatic rings. The molecule has 560 valence electrons. The zero-order valence-corrected chi connectivity index (χ0v) is 64.5. The summed E-state index contributed by atoms with van der Waals surface area (Å²) in [5, 5.41) is 14.2. The number of hydrogen-bond acceptors (Lipinski definition) is 7. The van der Waals surface area contributed by atoms with Crippen LogP contribution in [0, 0.1) is 0 Å². The molecule has 0 bridgehead atoms. The summed E-state index contributed by atoms with van der Waals surface area (Å²) >= 11 is 0. The first-order chi connectivity index (χ1) is 59.5. The monoisotopic (exact) mass is 1530 g/mol. The summed E-state index contributed by atoms with van der Waals surface area (Å²) < 4.78 is 17.9. The molecular weight excluding hydrogens is 1470 g/mol. The molecule has 0 spiro atoms. The van der Waals surface area contributed by atoms with Crippen LogP contribution in [0.1, 0.15) is 0 Å². The third-order valence-corrected chi connectivity index (χ3v) is 23.6. The molecule has 0 fully saturated rings. The SMILES string of the molecule is c1ccc(-c2nc(-c3cccc(-n4c5ccccc5c5cc(-n6c7ccccc7c7ccccc76)ccc54)c3)nc(-c3ccc4c(c3)c3ccccc3n4-c3ccccc3)n2)cc1.c1ccc(-c2nc(-c3cccc(-n4c5ccccc5c5cc(-n6c7ccccc7c7ccccc76)ccc54)c3)nc(-c3ccc4oc5ccccc5c4c3)n2)cc1. The normalized spacial score (nSPS) is 11.8. The Labute approximate surface area is 687 Å². The lowest BCUT2D eigenvalue weighted by Crippen LogP contribution is -2.01. The molecule has 8 heterocycles. The van der Waals surface area contributed by atoms with Crippen LogP contribution in [0.3, 0.4) is 0 Å². The van der Waals surface area contributed by atoms with E-state index < -0.39 is 0 Å². The van der Waals surface area contributed by atoms with Crippen molar-refractivity contribution in [2.24, 2.45) is 0 Å². The first-order valence-electron chi connectivity index (χ1n) is 40.4. The predicted octanol–water partition coefficient (Wildman–Crippen LogP) is 27.1. The fourth-order valence-electron chi connectivity index (χ4n) is 18.3. The van der Waals surface area contributed by atoms with Crippen LogP contribution in [-0.2, 0) is 0 Å². The number of benzene rings is 17. The summed E-state index contributed by atoms with van der Waals surface area (Å²) in [7, 11) is 0. The molecule has 0 saturated heterocycles. The number of aromatic nitrogens is 11. The van der Waals surface area contributed by atoms with Gasteiger partial charge in [-0.3, -0.25) is 0 Å². The molecule has 12 nitrogen and oxygen atoms in total. The van der Waals surface area contributed by atoms with Crippen molar-refractivity contribution in [3.63, 3.8) is 0 Å². The molecule has 0 saturated carbocycles. The average Bonchev–Trinajstić information content (AvgIpc) is 1.57. The van der Waals surface area contributed by atoms with E-state index in [-0.39, 0.29) is 0 Å². The van der Waals surface area contributed by atoms with Gasteiger partial charge in [0.15, 0.2) is 34.9 Å². The highest BCUT2D eigenvalue weighted by Gasteiger charge is 2.24. The Kier molecular flexibility index (Phi) is 15.7. The molecular formula is C108H67N11O. The van der Waals surface area contributed by atoms with Gasteiger partial charge in [-0.05, 0) is 158 Å². The zero-order chi connectivity index (χ0) is 78.9. The van der Waals surface area contributed by atoms with Crippen molar-refractivity contribution in [2.75, 3.05) is 0 Å². The van der Waals surface area contributed by atoms with Gasteiger partial charge in [0.2, 0.25) is 0 Å². The topological polar surface area (TPSA) is 115 Å². The van der Waals surface area contributed by atoms with Gasteiger partial charge in [-0.25, -0.2) is 29.9 Å². The third kappa shape index (κ3) is 11.1. The second kappa shape index (κ2) is 27.7. The number of fused-ring (bicyclic) bond motifs is 18. The number of para-hydroxylation sites is 9. The molecule has 0 radical (unpaired) electrons. The van der Waals surface area contributed by atoms with Gasteiger partial charge < -0.3 is 27.3 Å². The lowest BCUT2D eigenvalue weighted by molar-refractivity contribution is 0.669. The van der Waals surface area contributed by atoms with Gasteiger partial charge in [0.25, 0.3) is 0 Å². The Hall–Kier alpha value is -16.4. The van der Waals surface area contributed by atoms with Crippen molar-refractivity contribution >= 4 is 131 Å². The van der Waals surface area contributed by atoms with E-state index in [9.17, 15) is 0 Å². The lowest BCUT2D eigenvalue weighted by Gasteiger charge is -2.12. The third-order valence-electron chi connectivity index (χ3n) is 23.6. The van der Waals surface area contributed by atoms with Crippen molar-refractivity contribution in [1.29, 1.82) is 0 Å². The van der Waals surface area contributed by atoms with E-state index in [2.05, 4.69) is 350 Å². The van der Waals surface area contributed by atoms with E-state index in [1.165, 1.54) is 70.5 Å². The molecule has 17 aromatic carbocycles. The van der Waals surface area contributed by atoms with Crippen LogP contribution in [0.15, 0.2) is 411 Å². The second-order valence-electron chi connectivity index (χ2n) is 30.5. The maximum atomic E-state index is 6.14. The van der Waals surface area contributed by atoms with Gasteiger partial charge in [-0.2, -0.15) is 0 Å². The van der Waals surface area contributed by atoms with Crippen LogP contribution in [-0.4, -0.2) is 52.7 Å².